The Morgan fingerprint density at radius 3 is 2.45 bits per heavy atom. The van der Waals surface area contributed by atoms with Crippen molar-refractivity contribution in [2.45, 2.75) is 25.7 Å². The molecule has 0 aromatic heterocycles. The number of hydrogen-bond donors (Lipinski definition) is 3. The number of nitrogens with one attached hydrogen (secondary N) is 1. The van der Waals surface area contributed by atoms with Crippen molar-refractivity contribution >= 4 is 12.0 Å². The number of rotatable bonds is 8. The highest BCUT2D eigenvalue weighted by Crippen LogP contribution is 2.37. The van der Waals surface area contributed by atoms with Gasteiger partial charge in [-0.3, -0.25) is 4.79 Å². The molecule has 1 aliphatic carbocycles. The van der Waals surface area contributed by atoms with Crippen molar-refractivity contribution in [2.75, 3.05) is 40.0 Å². The zero-order valence-corrected chi connectivity index (χ0v) is 11.9. The van der Waals surface area contributed by atoms with Crippen LogP contribution in [-0.4, -0.2) is 67.1 Å². The standard InChI is InChI=1S/C13H24N2O5/c1-20-9-7-15(6-8-16)12(19)14-10-13(11(17)18)4-2-3-5-13/h16H,2-10H2,1H3,(H,14,19)(H,17,18). The number of urea groups is 1. The molecular weight excluding hydrogens is 264 g/mol. The number of aliphatic hydroxyl groups excluding tert-OH is 1. The monoisotopic (exact) mass is 288 g/mol. The number of methoxy groups -OCH3 is 1. The topological polar surface area (TPSA) is 99.1 Å². The summed E-state index contributed by atoms with van der Waals surface area (Å²) in [6, 6.07) is -0.358. The zero-order chi connectivity index (χ0) is 15.0. The Morgan fingerprint density at radius 2 is 1.95 bits per heavy atom. The molecule has 0 aliphatic heterocycles. The lowest BCUT2D eigenvalue weighted by Gasteiger charge is -2.27. The first-order valence-corrected chi connectivity index (χ1v) is 6.92. The predicted octanol–water partition coefficient (Wildman–Crippen LogP) is 0.282. The van der Waals surface area contributed by atoms with Crippen LogP contribution in [-0.2, 0) is 9.53 Å². The van der Waals surface area contributed by atoms with Gasteiger partial charge in [0.15, 0.2) is 0 Å². The third kappa shape index (κ3) is 4.35. The number of aliphatic carboxylic acids is 1. The molecule has 7 nitrogen and oxygen atoms in total. The Hall–Kier alpha value is -1.34. The van der Waals surface area contributed by atoms with E-state index in [1.54, 1.807) is 0 Å². The van der Waals surface area contributed by atoms with Crippen molar-refractivity contribution in [2.24, 2.45) is 5.41 Å². The third-order valence-corrected chi connectivity index (χ3v) is 3.81. The minimum atomic E-state index is -0.846. The molecule has 116 valence electrons. The Bertz CT molecular complexity index is 329. The fourth-order valence-corrected chi connectivity index (χ4v) is 2.51. The summed E-state index contributed by atoms with van der Waals surface area (Å²) in [5.41, 5.74) is -0.832. The van der Waals surface area contributed by atoms with Crippen LogP contribution >= 0.6 is 0 Å². The molecule has 2 amide bonds. The molecule has 0 aromatic rings. The van der Waals surface area contributed by atoms with Crippen LogP contribution in [0.2, 0.25) is 0 Å². The Labute approximate surface area is 118 Å². The number of carboxylic acid groups (broad SMARTS) is 1. The second-order valence-corrected chi connectivity index (χ2v) is 5.15. The van der Waals surface area contributed by atoms with E-state index in [4.69, 9.17) is 9.84 Å². The number of carbonyl (C=O) groups is 2. The summed E-state index contributed by atoms with van der Waals surface area (Å²) in [4.78, 5) is 24.8. The van der Waals surface area contributed by atoms with E-state index in [9.17, 15) is 14.7 Å². The Morgan fingerprint density at radius 1 is 1.30 bits per heavy atom. The van der Waals surface area contributed by atoms with Gasteiger partial charge >= 0.3 is 12.0 Å². The van der Waals surface area contributed by atoms with Crippen LogP contribution in [0, 0.1) is 5.41 Å². The van der Waals surface area contributed by atoms with Gasteiger partial charge in [-0.25, -0.2) is 4.79 Å². The number of carboxylic acids is 1. The maximum atomic E-state index is 12.0. The highest BCUT2D eigenvalue weighted by atomic mass is 16.5. The lowest BCUT2D eigenvalue weighted by Crippen LogP contribution is -2.48. The van der Waals surface area contributed by atoms with Gasteiger partial charge < -0.3 is 25.2 Å². The van der Waals surface area contributed by atoms with E-state index in [1.165, 1.54) is 12.0 Å². The molecule has 0 saturated heterocycles. The molecule has 0 radical (unpaired) electrons. The predicted molar refractivity (Wildman–Crippen MR) is 72.5 cm³/mol. The minimum Gasteiger partial charge on any atom is -0.481 e. The minimum absolute atomic E-state index is 0.135. The first-order valence-electron chi connectivity index (χ1n) is 6.92. The molecule has 1 fully saturated rings. The zero-order valence-electron chi connectivity index (χ0n) is 11.9. The lowest BCUT2D eigenvalue weighted by molar-refractivity contribution is -0.148. The summed E-state index contributed by atoms with van der Waals surface area (Å²) >= 11 is 0. The molecule has 3 N–H and O–H groups in total. The van der Waals surface area contributed by atoms with E-state index in [2.05, 4.69) is 5.32 Å². The van der Waals surface area contributed by atoms with Gasteiger partial charge in [0.05, 0.1) is 18.6 Å². The number of nitrogens with zero attached hydrogens (tertiary/aromatic N) is 1. The smallest absolute Gasteiger partial charge is 0.317 e. The molecule has 0 unspecified atom stereocenters. The van der Waals surface area contributed by atoms with Gasteiger partial charge in [0, 0.05) is 26.7 Å². The SMILES string of the molecule is COCCN(CCO)C(=O)NCC1(C(=O)O)CCCC1. The fourth-order valence-electron chi connectivity index (χ4n) is 2.51. The van der Waals surface area contributed by atoms with Crippen LogP contribution in [0.3, 0.4) is 0 Å². The molecule has 1 rings (SSSR count). The average Bonchev–Trinajstić information content (AvgIpc) is 2.91. The van der Waals surface area contributed by atoms with Gasteiger partial charge in [0.2, 0.25) is 0 Å². The van der Waals surface area contributed by atoms with Crippen molar-refractivity contribution in [1.29, 1.82) is 0 Å². The van der Waals surface area contributed by atoms with E-state index in [-0.39, 0.29) is 25.7 Å². The van der Waals surface area contributed by atoms with Gasteiger partial charge in [-0.2, -0.15) is 0 Å². The van der Waals surface area contributed by atoms with E-state index in [1.807, 2.05) is 0 Å². The molecule has 0 bridgehead atoms. The average molecular weight is 288 g/mol. The molecule has 0 aromatic carbocycles. The van der Waals surface area contributed by atoms with Gasteiger partial charge in [0.25, 0.3) is 0 Å². The molecular formula is C13H24N2O5. The van der Waals surface area contributed by atoms with E-state index in [0.29, 0.717) is 26.0 Å². The van der Waals surface area contributed by atoms with E-state index in [0.717, 1.165) is 12.8 Å². The van der Waals surface area contributed by atoms with Gasteiger partial charge in [0.1, 0.15) is 0 Å². The highest BCUT2D eigenvalue weighted by molar-refractivity contribution is 5.78. The number of aliphatic hydroxyl groups is 1. The molecule has 1 saturated carbocycles. The molecule has 0 heterocycles. The van der Waals surface area contributed by atoms with Crippen molar-refractivity contribution in [3.63, 3.8) is 0 Å². The normalized spacial score (nSPS) is 16.9. The second kappa shape index (κ2) is 8.06. The summed E-state index contributed by atoms with van der Waals surface area (Å²) < 4.78 is 4.91. The fraction of sp³-hybridized carbons (Fsp3) is 0.846. The molecule has 7 heteroatoms. The van der Waals surface area contributed by atoms with Crippen LogP contribution in [0.15, 0.2) is 0 Å². The number of carbonyl (C=O) groups excluding carboxylic acids is 1. The summed E-state index contributed by atoms with van der Waals surface area (Å²) in [5, 5.41) is 21.0. The number of amides is 2. The lowest BCUT2D eigenvalue weighted by atomic mass is 9.86. The molecule has 0 spiro atoms. The number of hydrogen-bond acceptors (Lipinski definition) is 4. The third-order valence-electron chi connectivity index (χ3n) is 3.81. The Kier molecular flexibility index (Phi) is 6.74. The summed E-state index contributed by atoms with van der Waals surface area (Å²) in [7, 11) is 1.53. The largest absolute Gasteiger partial charge is 0.481 e. The second-order valence-electron chi connectivity index (χ2n) is 5.15. The van der Waals surface area contributed by atoms with Crippen LogP contribution < -0.4 is 5.32 Å². The van der Waals surface area contributed by atoms with Crippen molar-refractivity contribution in [3.8, 4) is 0 Å². The van der Waals surface area contributed by atoms with Crippen molar-refractivity contribution in [3.05, 3.63) is 0 Å². The Balaban J connectivity index is 2.52. The molecule has 1 aliphatic rings. The van der Waals surface area contributed by atoms with E-state index < -0.39 is 11.4 Å². The van der Waals surface area contributed by atoms with Crippen LogP contribution in [0.25, 0.3) is 0 Å². The first-order chi connectivity index (χ1) is 9.55. The van der Waals surface area contributed by atoms with Crippen molar-refractivity contribution < 1.29 is 24.5 Å². The first kappa shape index (κ1) is 16.7. The molecule has 20 heavy (non-hydrogen) atoms. The van der Waals surface area contributed by atoms with E-state index >= 15 is 0 Å². The number of ether oxygens (including phenoxy) is 1. The quantitative estimate of drug-likeness (QED) is 0.596. The van der Waals surface area contributed by atoms with Crippen LogP contribution in [0.5, 0.6) is 0 Å². The highest BCUT2D eigenvalue weighted by Gasteiger charge is 2.41. The maximum absolute atomic E-state index is 12.0. The van der Waals surface area contributed by atoms with Crippen LogP contribution in [0.1, 0.15) is 25.7 Å². The summed E-state index contributed by atoms with van der Waals surface area (Å²) in [6.07, 6.45) is 2.96. The van der Waals surface area contributed by atoms with Gasteiger partial charge in [-0.15, -0.1) is 0 Å². The van der Waals surface area contributed by atoms with Gasteiger partial charge in [-0.05, 0) is 12.8 Å². The molecule has 0 atom stereocenters. The van der Waals surface area contributed by atoms with Crippen LogP contribution in [0.4, 0.5) is 4.79 Å². The van der Waals surface area contributed by atoms with Gasteiger partial charge in [-0.1, -0.05) is 12.8 Å². The summed E-state index contributed by atoms with van der Waals surface area (Å²) in [5.74, 6) is -0.846. The van der Waals surface area contributed by atoms with Crippen molar-refractivity contribution in [1.82, 2.24) is 10.2 Å². The summed E-state index contributed by atoms with van der Waals surface area (Å²) in [6.45, 7) is 0.938. The maximum Gasteiger partial charge on any atom is 0.317 e.